The molecule has 0 spiro atoms. The number of para-hydroxylation sites is 1. The second-order valence-electron chi connectivity index (χ2n) is 8.69. The molecular weight excluding hydrogens is 528 g/mol. The molecule has 2 aromatic carbocycles. The average molecular weight is 555 g/mol. The van der Waals surface area contributed by atoms with Crippen molar-refractivity contribution in [1.29, 1.82) is 0 Å². The first-order valence-electron chi connectivity index (χ1n) is 11.8. The van der Waals surface area contributed by atoms with Crippen molar-refractivity contribution in [3.8, 4) is 0 Å². The lowest BCUT2D eigenvalue weighted by Crippen LogP contribution is -2.34. The Labute approximate surface area is 225 Å². The monoisotopic (exact) mass is 554 g/mol. The lowest BCUT2D eigenvalue weighted by atomic mass is 10.1. The summed E-state index contributed by atoms with van der Waals surface area (Å²) >= 11 is 6.18. The van der Waals surface area contributed by atoms with Crippen molar-refractivity contribution in [2.45, 2.75) is 19.4 Å². The smallest absolute Gasteiger partial charge is 0.307 e. The molecule has 4 rings (SSSR count). The minimum atomic E-state index is -3.83. The summed E-state index contributed by atoms with van der Waals surface area (Å²) in [4.78, 5) is 34.4. The van der Waals surface area contributed by atoms with Gasteiger partial charge in [-0.1, -0.05) is 41.9 Å². The molecule has 0 radical (unpaired) electrons. The number of fused-ring (bicyclic) bond motifs is 1. The third-order valence-corrected chi connectivity index (χ3v) is 7.92. The summed E-state index contributed by atoms with van der Waals surface area (Å²) in [5.41, 5.74) is 1.10. The van der Waals surface area contributed by atoms with Crippen LogP contribution in [0.3, 0.4) is 0 Å². The SMILES string of the molecule is CN(C)S(=O)(=O)n1cc(CC(=NC(=O)c2ccccc2Cl)C(=O)NCCCn2ccnc2)c2ccccc21. The average Bonchev–Trinajstić information content (AvgIpc) is 3.55. The number of carbonyl (C=O) groups excluding carboxylic acids is 2. The highest BCUT2D eigenvalue weighted by Gasteiger charge is 2.23. The van der Waals surface area contributed by atoms with Crippen LogP contribution in [0.15, 0.2) is 78.4 Å². The summed E-state index contributed by atoms with van der Waals surface area (Å²) in [5.74, 6) is -1.19. The normalized spacial score (nSPS) is 12.3. The quantitative estimate of drug-likeness (QED) is 0.238. The third-order valence-electron chi connectivity index (χ3n) is 5.87. The molecule has 0 saturated heterocycles. The predicted molar refractivity (Wildman–Crippen MR) is 147 cm³/mol. The number of halogens is 1. The Morgan fingerprint density at radius 3 is 2.55 bits per heavy atom. The highest BCUT2D eigenvalue weighted by molar-refractivity contribution is 7.87. The van der Waals surface area contributed by atoms with E-state index in [0.717, 1.165) is 8.28 Å². The third kappa shape index (κ3) is 6.01. The molecule has 0 unspecified atom stereocenters. The fourth-order valence-corrected chi connectivity index (χ4v) is 5.12. The van der Waals surface area contributed by atoms with Crippen molar-refractivity contribution in [3.05, 3.63) is 89.6 Å². The van der Waals surface area contributed by atoms with E-state index < -0.39 is 22.0 Å². The van der Waals surface area contributed by atoms with Gasteiger partial charge in [-0.2, -0.15) is 12.7 Å². The number of nitrogens with zero attached hydrogens (tertiary/aromatic N) is 5. The van der Waals surface area contributed by atoms with Crippen LogP contribution in [0, 0.1) is 0 Å². The lowest BCUT2D eigenvalue weighted by Gasteiger charge is -2.13. The van der Waals surface area contributed by atoms with Crippen LogP contribution in [0.4, 0.5) is 0 Å². The molecule has 12 heteroatoms. The topological polar surface area (TPSA) is 119 Å². The van der Waals surface area contributed by atoms with Gasteiger partial charge in [0.25, 0.3) is 11.8 Å². The maximum absolute atomic E-state index is 13.2. The Bertz CT molecular complexity index is 1590. The largest absolute Gasteiger partial charge is 0.351 e. The number of aryl methyl sites for hydroxylation is 1. The van der Waals surface area contributed by atoms with Gasteiger partial charge >= 0.3 is 10.2 Å². The minimum Gasteiger partial charge on any atom is -0.351 e. The number of amides is 2. The Morgan fingerprint density at radius 1 is 1.11 bits per heavy atom. The van der Waals surface area contributed by atoms with Crippen LogP contribution < -0.4 is 5.32 Å². The fraction of sp³-hybridized carbons (Fsp3) is 0.231. The number of hydrogen-bond acceptors (Lipinski definition) is 5. The standard InChI is InChI=1S/C26H27ClN6O4S/c1-31(2)38(36,37)33-17-19(20-8-4-6-11-24(20)33)16-23(30-25(34)21-9-3-5-10-22(21)27)26(35)29-12-7-14-32-15-13-28-18-32/h3-6,8-11,13,15,17-18H,7,12,14,16H2,1-2H3,(H,29,35). The highest BCUT2D eigenvalue weighted by atomic mass is 35.5. The summed E-state index contributed by atoms with van der Waals surface area (Å²) in [6.45, 7) is 0.994. The Balaban J connectivity index is 1.66. The second kappa shape index (κ2) is 11.7. The zero-order valence-electron chi connectivity index (χ0n) is 20.9. The van der Waals surface area contributed by atoms with Crippen LogP contribution in [0.25, 0.3) is 10.9 Å². The number of benzene rings is 2. The molecular formula is C26H27ClN6O4S. The Hall–Kier alpha value is -3.80. The Kier molecular flexibility index (Phi) is 8.40. The molecule has 2 aromatic heterocycles. The van der Waals surface area contributed by atoms with E-state index in [1.165, 1.54) is 26.4 Å². The number of aromatic nitrogens is 3. The minimum absolute atomic E-state index is 0.0531. The summed E-state index contributed by atoms with van der Waals surface area (Å²) < 4.78 is 30.1. The first-order chi connectivity index (χ1) is 18.2. The number of aliphatic imine (C=N–C) groups is 1. The zero-order valence-corrected chi connectivity index (χ0v) is 22.5. The molecule has 2 amide bonds. The van der Waals surface area contributed by atoms with Crippen LogP contribution in [0.1, 0.15) is 22.3 Å². The van der Waals surface area contributed by atoms with Crippen LogP contribution >= 0.6 is 11.6 Å². The van der Waals surface area contributed by atoms with Crippen LogP contribution in [-0.2, 0) is 28.0 Å². The zero-order chi connectivity index (χ0) is 27.3. The van der Waals surface area contributed by atoms with Crippen molar-refractivity contribution >= 4 is 50.2 Å². The summed E-state index contributed by atoms with van der Waals surface area (Å²) in [7, 11) is -0.950. The van der Waals surface area contributed by atoms with Gasteiger partial charge in [0.2, 0.25) is 0 Å². The van der Waals surface area contributed by atoms with Crippen molar-refractivity contribution in [3.63, 3.8) is 0 Å². The molecule has 0 bridgehead atoms. The first-order valence-corrected chi connectivity index (χ1v) is 13.6. The first kappa shape index (κ1) is 27.2. The molecule has 0 saturated carbocycles. The molecule has 0 fully saturated rings. The fourth-order valence-electron chi connectivity index (χ4n) is 3.88. The highest BCUT2D eigenvalue weighted by Crippen LogP contribution is 2.25. The van der Waals surface area contributed by atoms with Gasteiger partial charge in [0.1, 0.15) is 5.71 Å². The maximum atomic E-state index is 13.2. The van der Waals surface area contributed by atoms with E-state index >= 15 is 0 Å². The van der Waals surface area contributed by atoms with Crippen LogP contribution in [-0.4, -0.2) is 64.4 Å². The van der Waals surface area contributed by atoms with E-state index in [4.69, 9.17) is 11.6 Å². The molecule has 38 heavy (non-hydrogen) atoms. The van der Waals surface area contributed by atoms with E-state index in [0.29, 0.717) is 36.0 Å². The van der Waals surface area contributed by atoms with E-state index in [9.17, 15) is 18.0 Å². The lowest BCUT2D eigenvalue weighted by molar-refractivity contribution is -0.114. The molecule has 10 nitrogen and oxygen atoms in total. The van der Waals surface area contributed by atoms with Crippen LogP contribution in [0.2, 0.25) is 5.02 Å². The molecule has 0 aliphatic carbocycles. The van der Waals surface area contributed by atoms with E-state index in [-0.39, 0.29) is 22.7 Å². The van der Waals surface area contributed by atoms with Gasteiger partial charge in [-0.05, 0) is 30.2 Å². The van der Waals surface area contributed by atoms with Gasteiger partial charge in [0.05, 0.1) is 22.4 Å². The Morgan fingerprint density at radius 2 is 1.84 bits per heavy atom. The van der Waals surface area contributed by atoms with Gasteiger partial charge in [-0.15, -0.1) is 0 Å². The second-order valence-corrected chi connectivity index (χ2v) is 11.1. The van der Waals surface area contributed by atoms with Gasteiger partial charge in [0, 0.05) is 57.6 Å². The van der Waals surface area contributed by atoms with Crippen LogP contribution in [0.5, 0.6) is 0 Å². The number of nitrogens with one attached hydrogen (secondary N) is 1. The number of imidazole rings is 1. The maximum Gasteiger partial charge on any atom is 0.307 e. The van der Waals surface area contributed by atoms with Gasteiger partial charge in [-0.25, -0.2) is 13.9 Å². The van der Waals surface area contributed by atoms with Gasteiger partial charge in [-0.3, -0.25) is 9.59 Å². The number of carbonyl (C=O) groups is 2. The molecule has 0 aliphatic heterocycles. The van der Waals surface area contributed by atoms with E-state index in [1.54, 1.807) is 55.0 Å². The number of hydrogen-bond donors (Lipinski definition) is 1. The number of rotatable bonds is 10. The van der Waals surface area contributed by atoms with Crippen molar-refractivity contribution in [2.75, 3.05) is 20.6 Å². The van der Waals surface area contributed by atoms with Crippen molar-refractivity contribution in [1.82, 2.24) is 23.1 Å². The molecule has 198 valence electrons. The van der Waals surface area contributed by atoms with Gasteiger partial charge in [0.15, 0.2) is 0 Å². The predicted octanol–water partition coefficient (Wildman–Crippen LogP) is 3.18. The molecule has 0 aliphatic rings. The van der Waals surface area contributed by atoms with Crippen molar-refractivity contribution in [2.24, 2.45) is 4.99 Å². The van der Waals surface area contributed by atoms with Gasteiger partial charge < -0.3 is 9.88 Å². The van der Waals surface area contributed by atoms with E-state index in [2.05, 4.69) is 15.3 Å². The summed E-state index contributed by atoms with van der Waals surface area (Å²) in [6.07, 6.45) is 7.22. The van der Waals surface area contributed by atoms with E-state index in [1.807, 2.05) is 10.8 Å². The molecule has 4 aromatic rings. The summed E-state index contributed by atoms with van der Waals surface area (Å²) in [6, 6.07) is 13.4. The van der Waals surface area contributed by atoms with Crippen molar-refractivity contribution < 1.29 is 18.0 Å². The molecule has 1 N–H and O–H groups in total. The summed E-state index contributed by atoms with van der Waals surface area (Å²) in [5, 5.41) is 3.66. The molecule has 2 heterocycles. The molecule has 0 atom stereocenters.